The van der Waals surface area contributed by atoms with Crippen LogP contribution in [0.1, 0.15) is 40.3 Å². The molecule has 4 aromatic rings. The number of hydrogen-bond acceptors (Lipinski definition) is 6. The Morgan fingerprint density at radius 1 is 1.12 bits per heavy atom. The van der Waals surface area contributed by atoms with Crippen LogP contribution >= 0.6 is 0 Å². The minimum absolute atomic E-state index is 0.0193. The first kappa shape index (κ1) is 19.7. The van der Waals surface area contributed by atoms with E-state index in [2.05, 4.69) is 10.2 Å². The molecular weight excluding hydrogens is 410 g/mol. The number of amides is 1. The zero-order valence-corrected chi connectivity index (χ0v) is 17.3. The van der Waals surface area contributed by atoms with Crippen LogP contribution in [0.5, 0.6) is 17.2 Å². The molecule has 0 spiro atoms. The van der Waals surface area contributed by atoms with Crippen molar-refractivity contribution < 1.29 is 24.2 Å². The van der Waals surface area contributed by atoms with Crippen LogP contribution < -0.4 is 4.74 Å². The SMILES string of the molecule is CCOc1cc([C@H]2c3c(-c4ccccc4O)n[nH]c3C(=O)N2Cc2ccco2)ccc1O. The number of ether oxygens (including phenoxy) is 1. The van der Waals surface area contributed by atoms with Gasteiger partial charge in [0.25, 0.3) is 5.91 Å². The van der Waals surface area contributed by atoms with Gasteiger partial charge in [-0.1, -0.05) is 18.2 Å². The number of nitrogens with zero attached hydrogens (tertiary/aromatic N) is 2. The molecule has 0 unspecified atom stereocenters. The third-order valence-corrected chi connectivity index (χ3v) is 5.53. The van der Waals surface area contributed by atoms with Gasteiger partial charge in [0.2, 0.25) is 0 Å². The third-order valence-electron chi connectivity index (χ3n) is 5.53. The first-order chi connectivity index (χ1) is 15.6. The molecule has 2 aromatic carbocycles. The number of rotatable bonds is 6. The Morgan fingerprint density at radius 2 is 1.97 bits per heavy atom. The van der Waals surface area contributed by atoms with Crippen LogP contribution in [0, 0.1) is 0 Å². The van der Waals surface area contributed by atoms with Crippen molar-refractivity contribution in [2.75, 3.05) is 6.61 Å². The third kappa shape index (κ3) is 3.17. The Morgan fingerprint density at radius 3 is 2.72 bits per heavy atom. The lowest BCUT2D eigenvalue weighted by atomic mass is 9.95. The molecule has 3 heterocycles. The molecule has 5 rings (SSSR count). The van der Waals surface area contributed by atoms with Gasteiger partial charge in [-0.15, -0.1) is 0 Å². The minimum Gasteiger partial charge on any atom is -0.507 e. The van der Waals surface area contributed by atoms with Crippen LogP contribution in [-0.4, -0.2) is 37.8 Å². The van der Waals surface area contributed by atoms with E-state index in [4.69, 9.17) is 9.15 Å². The van der Waals surface area contributed by atoms with Gasteiger partial charge in [-0.05, 0) is 48.9 Å². The summed E-state index contributed by atoms with van der Waals surface area (Å²) in [5.41, 5.74) is 2.75. The second-order valence-electron chi connectivity index (χ2n) is 7.45. The van der Waals surface area contributed by atoms with Crippen molar-refractivity contribution in [3.63, 3.8) is 0 Å². The number of fused-ring (bicyclic) bond motifs is 1. The summed E-state index contributed by atoms with van der Waals surface area (Å²) in [6, 6.07) is 14.9. The van der Waals surface area contributed by atoms with Gasteiger partial charge < -0.3 is 24.3 Å². The summed E-state index contributed by atoms with van der Waals surface area (Å²) in [7, 11) is 0. The van der Waals surface area contributed by atoms with Crippen molar-refractivity contribution in [2.24, 2.45) is 0 Å². The molecule has 0 radical (unpaired) electrons. The van der Waals surface area contributed by atoms with Gasteiger partial charge in [-0.2, -0.15) is 5.10 Å². The Kier molecular flexibility index (Phi) is 4.82. The van der Waals surface area contributed by atoms with Crippen molar-refractivity contribution in [1.82, 2.24) is 15.1 Å². The number of aromatic amines is 1. The molecule has 1 aliphatic rings. The topological polar surface area (TPSA) is 112 Å². The Balaban J connectivity index is 1.68. The standard InChI is InChI=1S/C24H21N3O5/c1-2-31-19-12-14(9-10-18(19)29)23-20-21(16-7-3-4-8-17(16)28)25-26-22(20)24(30)27(23)13-15-6-5-11-32-15/h3-12,23,28-29H,2,13H2,1H3,(H,25,26)/t23-/m0/s1. The molecule has 8 nitrogen and oxygen atoms in total. The smallest absolute Gasteiger partial charge is 0.273 e. The highest BCUT2D eigenvalue weighted by atomic mass is 16.5. The van der Waals surface area contributed by atoms with E-state index >= 15 is 0 Å². The molecule has 2 aromatic heterocycles. The Bertz CT molecular complexity index is 1280. The van der Waals surface area contributed by atoms with E-state index in [1.165, 1.54) is 0 Å². The molecule has 32 heavy (non-hydrogen) atoms. The average Bonchev–Trinajstić information content (AvgIpc) is 3.50. The van der Waals surface area contributed by atoms with Crippen LogP contribution in [0.2, 0.25) is 0 Å². The fourth-order valence-corrected chi connectivity index (χ4v) is 4.13. The molecule has 1 atom stereocenters. The summed E-state index contributed by atoms with van der Waals surface area (Å²) < 4.78 is 11.1. The van der Waals surface area contributed by atoms with E-state index in [0.29, 0.717) is 40.6 Å². The van der Waals surface area contributed by atoms with E-state index < -0.39 is 6.04 Å². The largest absolute Gasteiger partial charge is 0.507 e. The molecule has 8 heteroatoms. The van der Waals surface area contributed by atoms with Crippen LogP contribution in [-0.2, 0) is 6.54 Å². The van der Waals surface area contributed by atoms with E-state index in [9.17, 15) is 15.0 Å². The van der Waals surface area contributed by atoms with Crippen LogP contribution in [0.3, 0.4) is 0 Å². The number of carbonyl (C=O) groups excluding carboxylic acids is 1. The first-order valence-electron chi connectivity index (χ1n) is 10.2. The minimum atomic E-state index is -0.532. The normalized spacial score (nSPS) is 15.2. The van der Waals surface area contributed by atoms with Crippen molar-refractivity contribution in [2.45, 2.75) is 19.5 Å². The highest BCUT2D eigenvalue weighted by molar-refractivity contribution is 6.00. The van der Waals surface area contributed by atoms with E-state index in [0.717, 1.165) is 5.56 Å². The van der Waals surface area contributed by atoms with Gasteiger partial charge in [0, 0.05) is 11.1 Å². The number of phenolic OH excluding ortho intramolecular Hbond substituents is 2. The zero-order valence-electron chi connectivity index (χ0n) is 17.3. The number of aromatic hydroxyl groups is 2. The predicted octanol–water partition coefficient (Wildman–Crippen LogP) is 4.23. The van der Waals surface area contributed by atoms with Crippen molar-refractivity contribution in [3.8, 4) is 28.5 Å². The lowest BCUT2D eigenvalue weighted by Crippen LogP contribution is -2.29. The van der Waals surface area contributed by atoms with E-state index in [1.807, 2.05) is 13.0 Å². The molecule has 0 saturated heterocycles. The van der Waals surface area contributed by atoms with Gasteiger partial charge in [0.05, 0.1) is 25.5 Å². The van der Waals surface area contributed by atoms with Crippen LogP contribution in [0.4, 0.5) is 0 Å². The van der Waals surface area contributed by atoms with Gasteiger partial charge in [-0.3, -0.25) is 9.89 Å². The molecule has 3 N–H and O–H groups in total. The first-order valence-corrected chi connectivity index (χ1v) is 10.2. The fraction of sp³-hybridized carbons (Fsp3) is 0.167. The highest BCUT2D eigenvalue weighted by Gasteiger charge is 2.43. The van der Waals surface area contributed by atoms with Gasteiger partial charge >= 0.3 is 0 Å². The number of aromatic nitrogens is 2. The Labute approximate surface area is 183 Å². The maximum atomic E-state index is 13.4. The quantitative estimate of drug-likeness (QED) is 0.421. The average molecular weight is 431 g/mol. The maximum absolute atomic E-state index is 13.4. The van der Waals surface area contributed by atoms with Crippen molar-refractivity contribution in [1.29, 1.82) is 0 Å². The molecule has 0 saturated carbocycles. The lowest BCUT2D eigenvalue weighted by molar-refractivity contribution is 0.0716. The summed E-state index contributed by atoms with van der Waals surface area (Å²) in [4.78, 5) is 15.1. The lowest BCUT2D eigenvalue weighted by Gasteiger charge is -2.26. The number of para-hydroxylation sites is 1. The van der Waals surface area contributed by atoms with Crippen molar-refractivity contribution >= 4 is 5.91 Å². The molecule has 0 fully saturated rings. The van der Waals surface area contributed by atoms with Crippen LogP contribution in [0.15, 0.2) is 65.3 Å². The number of H-pyrrole nitrogens is 1. The summed E-state index contributed by atoms with van der Waals surface area (Å²) >= 11 is 0. The number of benzene rings is 2. The van der Waals surface area contributed by atoms with Crippen molar-refractivity contribution in [3.05, 3.63) is 83.4 Å². The Hall–Kier alpha value is -4.20. The number of furan rings is 1. The summed E-state index contributed by atoms with van der Waals surface area (Å²) in [5.74, 6) is 0.816. The second kappa shape index (κ2) is 7.81. The number of hydrogen-bond donors (Lipinski definition) is 3. The van der Waals surface area contributed by atoms with E-state index in [-0.39, 0.29) is 24.0 Å². The molecule has 0 bridgehead atoms. The summed E-state index contributed by atoms with van der Waals surface area (Å²) in [6.45, 7) is 2.46. The predicted molar refractivity (Wildman–Crippen MR) is 115 cm³/mol. The summed E-state index contributed by atoms with van der Waals surface area (Å²) in [5, 5.41) is 27.9. The molecule has 162 valence electrons. The van der Waals surface area contributed by atoms with Crippen LogP contribution in [0.25, 0.3) is 11.3 Å². The van der Waals surface area contributed by atoms with Gasteiger partial charge in [-0.25, -0.2) is 0 Å². The fourth-order valence-electron chi connectivity index (χ4n) is 4.13. The number of phenols is 2. The van der Waals surface area contributed by atoms with Gasteiger partial charge in [0.1, 0.15) is 22.9 Å². The summed E-state index contributed by atoms with van der Waals surface area (Å²) in [6.07, 6.45) is 1.56. The number of carbonyl (C=O) groups is 1. The van der Waals surface area contributed by atoms with E-state index in [1.54, 1.807) is 59.7 Å². The van der Waals surface area contributed by atoms with Gasteiger partial charge in [0.15, 0.2) is 11.5 Å². The molecule has 1 amide bonds. The number of nitrogens with one attached hydrogen (secondary N) is 1. The second-order valence-corrected chi connectivity index (χ2v) is 7.45. The molecule has 1 aliphatic heterocycles. The monoisotopic (exact) mass is 431 g/mol. The highest BCUT2D eigenvalue weighted by Crippen LogP contribution is 2.46. The zero-order chi connectivity index (χ0) is 22.2. The maximum Gasteiger partial charge on any atom is 0.273 e. The molecular formula is C24H21N3O5. The molecule has 0 aliphatic carbocycles.